The lowest BCUT2D eigenvalue weighted by molar-refractivity contribution is 0.279. The lowest BCUT2D eigenvalue weighted by Crippen LogP contribution is -2.17. The molecule has 30 heavy (non-hydrogen) atoms. The van der Waals surface area contributed by atoms with Crippen LogP contribution in [0.1, 0.15) is 27.8 Å². The number of aliphatic hydroxyl groups excluding tert-OH is 2. The molecule has 0 bridgehead atoms. The summed E-state index contributed by atoms with van der Waals surface area (Å²) in [6.07, 6.45) is 0.721. The van der Waals surface area contributed by atoms with Gasteiger partial charge in [-0.15, -0.1) is 0 Å². The maximum Gasteiger partial charge on any atom is 0.123 e. The summed E-state index contributed by atoms with van der Waals surface area (Å²) in [5, 5.41) is 26.8. The van der Waals surface area contributed by atoms with Crippen LogP contribution >= 0.6 is 0 Å². The molecule has 0 radical (unpaired) electrons. The predicted octanol–water partition coefficient (Wildman–Crippen LogP) is 3.59. The molecular weight excluding hydrogens is 376 g/mol. The molecule has 3 aromatic rings. The zero-order valence-electron chi connectivity index (χ0n) is 17.2. The Morgan fingerprint density at radius 1 is 0.900 bits per heavy atom. The standard InChI is InChI=1S/C25H28N2O3/c1-17-19(8-5-9-20(17)18-6-3-2-4-7-18)16-30-24-11-10-23(25(26)27)21(12-14-28)22(24)13-15-29/h2-11,28-29H,12-16H2,1H3,(H3,26,27). The van der Waals surface area contributed by atoms with Crippen molar-refractivity contribution in [3.63, 3.8) is 0 Å². The fourth-order valence-corrected chi connectivity index (χ4v) is 3.77. The molecule has 5 heteroatoms. The van der Waals surface area contributed by atoms with E-state index in [-0.39, 0.29) is 19.0 Å². The number of nitrogens with one attached hydrogen (secondary N) is 1. The Kier molecular flexibility index (Phi) is 7.22. The number of nitrogen functional groups attached to an aromatic ring is 1. The summed E-state index contributed by atoms with van der Waals surface area (Å²) in [7, 11) is 0. The second kappa shape index (κ2) is 10.1. The molecule has 0 atom stereocenters. The summed E-state index contributed by atoms with van der Waals surface area (Å²) in [4.78, 5) is 0. The molecular formula is C25H28N2O3. The lowest BCUT2D eigenvalue weighted by atomic mass is 9.94. The van der Waals surface area contributed by atoms with Crippen molar-refractivity contribution in [2.75, 3.05) is 13.2 Å². The fourth-order valence-electron chi connectivity index (χ4n) is 3.77. The Bertz CT molecular complexity index is 1020. The van der Waals surface area contributed by atoms with Gasteiger partial charge in [-0.2, -0.15) is 0 Å². The van der Waals surface area contributed by atoms with Crippen LogP contribution in [0.25, 0.3) is 11.1 Å². The number of aliphatic hydroxyl groups is 2. The topological polar surface area (TPSA) is 99.6 Å². The Hall–Kier alpha value is -3.15. The van der Waals surface area contributed by atoms with Gasteiger partial charge in [-0.25, -0.2) is 0 Å². The van der Waals surface area contributed by atoms with Gasteiger partial charge in [0.05, 0.1) is 0 Å². The highest BCUT2D eigenvalue weighted by molar-refractivity contribution is 5.97. The van der Waals surface area contributed by atoms with Crippen LogP contribution in [-0.4, -0.2) is 29.3 Å². The van der Waals surface area contributed by atoms with Crippen LogP contribution in [0.5, 0.6) is 5.75 Å². The first-order valence-corrected chi connectivity index (χ1v) is 10.0. The first kappa shape index (κ1) is 21.6. The van der Waals surface area contributed by atoms with Gasteiger partial charge >= 0.3 is 0 Å². The summed E-state index contributed by atoms with van der Waals surface area (Å²) < 4.78 is 6.17. The average molecular weight is 405 g/mol. The van der Waals surface area contributed by atoms with Crippen LogP contribution < -0.4 is 10.5 Å². The molecule has 0 aromatic heterocycles. The lowest BCUT2D eigenvalue weighted by Gasteiger charge is -2.19. The second-order valence-corrected chi connectivity index (χ2v) is 7.17. The zero-order chi connectivity index (χ0) is 21.5. The minimum Gasteiger partial charge on any atom is -0.489 e. The van der Waals surface area contributed by atoms with Crippen LogP contribution in [-0.2, 0) is 19.4 Å². The summed E-state index contributed by atoms with van der Waals surface area (Å²) >= 11 is 0. The van der Waals surface area contributed by atoms with Gasteiger partial charge in [0, 0.05) is 24.3 Å². The van der Waals surface area contributed by atoms with Crippen LogP contribution in [0.15, 0.2) is 60.7 Å². The Morgan fingerprint density at radius 2 is 1.60 bits per heavy atom. The molecule has 0 aliphatic carbocycles. The van der Waals surface area contributed by atoms with Crippen molar-refractivity contribution in [2.45, 2.75) is 26.4 Å². The smallest absolute Gasteiger partial charge is 0.123 e. The quantitative estimate of drug-likeness (QED) is 0.323. The summed E-state index contributed by atoms with van der Waals surface area (Å²) in [5.74, 6) is 0.581. The van der Waals surface area contributed by atoms with Crippen LogP contribution in [0.4, 0.5) is 0 Å². The molecule has 0 aliphatic heterocycles. The van der Waals surface area contributed by atoms with E-state index in [1.807, 2.05) is 30.3 Å². The van der Waals surface area contributed by atoms with Crippen LogP contribution in [0, 0.1) is 12.3 Å². The monoisotopic (exact) mass is 404 g/mol. The normalized spacial score (nSPS) is 10.8. The van der Waals surface area contributed by atoms with Crippen molar-refractivity contribution in [1.29, 1.82) is 5.41 Å². The minimum atomic E-state index is -0.0691. The van der Waals surface area contributed by atoms with E-state index in [1.54, 1.807) is 12.1 Å². The van der Waals surface area contributed by atoms with Crippen molar-refractivity contribution in [1.82, 2.24) is 0 Å². The van der Waals surface area contributed by atoms with Gasteiger partial charge in [-0.05, 0) is 59.7 Å². The fraction of sp³-hybridized carbons (Fsp3) is 0.240. The second-order valence-electron chi connectivity index (χ2n) is 7.17. The number of ether oxygens (including phenoxy) is 1. The van der Waals surface area contributed by atoms with E-state index in [4.69, 9.17) is 15.9 Å². The number of benzene rings is 3. The largest absolute Gasteiger partial charge is 0.489 e. The van der Waals surface area contributed by atoms with Gasteiger partial charge in [0.1, 0.15) is 18.2 Å². The molecule has 0 unspecified atom stereocenters. The van der Waals surface area contributed by atoms with E-state index in [2.05, 4.69) is 25.1 Å². The molecule has 3 rings (SSSR count). The molecule has 0 saturated heterocycles. The summed E-state index contributed by atoms with van der Waals surface area (Å²) in [5.41, 5.74) is 12.4. The molecule has 0 amide bonds. The molecule has 0 fully saturated rings. The van der Waals surface area contributed by atoms with Crippen molar-refractivity contribution in [2.24, 2.45) is 5.73 Å². The number of nitrogens with two attached hydrogens (primary N) is 1. The summed E-state index contributed by atoms with van der Waals surface area (Å²) in [6, 6.07) is 20.0. The zero-order valence-corrected chi connectivity index (χ0v) is 17.2. The first-order chi connectivity index (χ1) is 14.6. The number of rotatable bonds is 9. The van der Waals surface area contributed by atoms with Crippen molar-refractivity contribution in [3.05, 3.63) is 88.5 Å². The maximum atomic E-state index is 9.56. The van der Waals surface area contributed by atoms with E-state index in [0.29, 0.717) is 30.8 Å². The Morgan fingerprint density at radius 3 is 2.27 bits per heavy atom. The highest BCUT2D eigenvalue weighted by Gasteiger charge is 2.16. The van der Waals surface area contributed by atoms with Gasteiger partial charge in [0.25, 0.3) is 0 Å². The van der Waals surface area contributed by atoms with Crippen LogP contribution in [0.2, 0.25) is 0 Å². The van der Waals surface area contributed by atoms with Gasteiger partial charge in [0.2, 0.25) is 0 Å². The van der Waals surface area contributed by atoms with Crippen LogP contribution in [0.3, 0.4) is 0 Å². The van der Waals surface area contributed by atoms with Gasteiger partial charge in [0.15, 0.2) is 0 Å². The van der Waals surface area contributed by atoms with Crippen molar-refractivity contribution >= 4 is 5.84 Å². The maximum absolute atomic E-state index is 9.56. The third-order valence-corrected chi connectivity index (χ3v) is 5.32. The molecule has 156 valence electrons. The Balaban J connectivity index is 1.92. The molecule has 0 spiro atoms. The van der Waals surface area contributed by atoms with E-state index in [1.165, 1.54) is 5.56 Å². The van der Waals surface area contributed by atoms with Gasteiger partial charge in [-0.3, -0.25) is 5.41 Å². The number of hydrogen-bond donors (Lipinski definition) is 4. The third-order valence-electron chi connectivity index (χ3n) is 5.32. The van der Waals surface area contributed by atoms with Gasteiger partial charge in [-0.1, -0.05) is 48.5 Å². The molecule has 5 nitrogen and oxygen atoms in total. The highest BCUT2D eigenvalue weighted by atomic mass is 16.5. The van der Waals surface area contributed by atoms with E-state index < -0.39 is 0 Å². The highest BCUT2D eigenvalue weighted by Crippen LogP contribution is 2.30. The first-order valence-electron chi connectivity index (χ1n) is 10.0. The number of amidine groups is 1. The number of hydrogen-bond acceptors (Lipinski definition) is 4. The van der Waals surface area contributed by atoms with E-state index >= 15 is 0 Å². The molecule has 0 heterocycles. The van der Waals surface area contributed by atoms with E-state index in [9.17, 15) is 10.2 Å². The molecule has 0 saturated carbocycles. The summed E-state index contributed by atoms with van der Waals surface area (Å²) in [6.45, 7) is 2.34. The molecule has 3 aromatic carbocycles. The third kappa shape index (κ3) is 4.70. The molecule has 5 N–H and O–H groups in total. The van der Waals surface area contributed by atoms with Gasteiger partial charge < -0.3 is 20.7 Å². The SMILES string of the molecule is Cc1c(COc2ccc(C(=N)N)c(CCO)c2CCO)cccc1-c1ccccc1. The van der Waals surface area contributed by atoms with Crippen molar-refractivity contribution in [3.8, 4) is 16.9 Å². The minimum absolute atomic E-state index is 0.0569. The van der Waals surface area contributed by atoms with Crippen molar-refractivity contribution < 1.29 is 14.9 Å². The average Bonchev–Trinajstić information content (AvgIpc) is 2.75. The predicted molar refractivity (Wildman–Crippen MR) is 120 cm³/mol. The Labute approximate surface area is 177 Å². The van der Waals surface area contributed by atoms with E-state index in [0.717, 1.165) is 27.8 Å². The molecule has 0 aliphatic rings.